The molecule has 0 aliphatic heterocycles. The predicted molar refractivity (Wildman–Crippen MR) is 205 cm³/mol. The molecule has 10 rings (SSSR count). The van der Waals surface area contributed by atoms with E-state index in [4.69, 9.17) is 14.4 Å². The lowest BCUT2D eigenvalue weighted by Crippen LogP contribution is -1.96. The molecule has 0 bridgehead atoms. The van der Waals surface area contributed by atoms with Gasteiger partial charge in [-0.2, -0.15) is 0 Å². The molecule has 3 heterocycles. The van der Waals surface area contributed by atoms with E-state index in [0.717, 1.165) is 77.5 Å². The fourth-order valence-electron chi connectivity index (χ4n) is 7.28. The van der Waals surface area contributed by atoms with Gasteiger partial charge in [-0.05, 0) is 53.6 Å². The third-order valence-corrected chi connectivity index (χ3v) is 9.62. The Labute approximate surface area is 288 Å². The fourth-order valence-corrected chi connectivity index (χ4v) is 7.28. The number of fused-ring (bicyclic) bond motifs is 7. The van der Waals surface area contributed by atoms with E-state index in [1.165, 1.54) is 11.1 Å². The summed E-state index contributed by atoms with van der Waals surface area (Å²) in [6.45, 7) is 0. The van der Waals surface area contributed by atoms with Gasteiger partial charge in [-0.25, -0.2) is 9.97 Å². The highest BCUT2D eigenvalue weighted by Crippen LogP contribution is 2.43. The van der Waals surface area contributed by atoms with Gasteiger partial charge < -0.3 is 8.98 Å². The number of hydrogen-bond donors (Lipinski definition) is 0. The standard InChI is InChI=1S/C46H29N3O/c1-5-14-30(15-6-1)33-24-25-37-42(28-33)49(34-20-11-4-12-21-34)41-27-26-36-35-22-13-23-38(44(35)50-45(36)43(37)41)46-47-39(31-16-7-2-8-17-31)29-40(48-46)32-18-9-3-10-19-32/h1-29H. The van der Waals surface area contributed by atoms with Gasteiger partial charge in [-0.1, -0.05) is 133 Å². The minimum Gasteiger partial charge on any atom is -0.455 e. The summed E-state index contributed by atoms with van der Waals surface area (Å²) < 4.78 is 9.37. The maximum atomic E-state index is 7.02. The van der Waals surface area contributed by atoms with Crippen molar-refractivity contribution < 1.29 is 4.42 Å². The molecule has 0 atom stereocenters. The topological polar surface area (TPSA) is 43.9 Å². The first-order valence-corrected chi connectivity index (χ1v) is 16.8. The van der Waals surface area contributed by atoms with Crippen molar-refractivity contribution in [2.45, 2.75) is 0 Å². The molecule has 7 aromatic carbocycles. The van der Waals surface area contributed by atoms with Crippen LogP contribution in [-0.4, -0.2) is 14.5 Å². The molecule has 0 saturated carbocycles. The Kier molecular flexibility index (Phi) is 6.46. The number of aromatic nitrogens is 3. The maximum absolute atomic E-state index is 7.02. The van der Waals surface area contributed by atoms with Crippen LogP contribution in [0.15, 0.2) is 180 Å². The van der Waals surface area contributed by atoms with Crippen LogP contribution in [0.5, 0.6) is 0 Å². The van der Waals surface area contributed by atoms with Crippen molar-refractivity contribution in [1.29, 1.82) is 0 Å². The van der Waals surface area contributed by atoms with Crippen LogP contribution in [0.3, 0.4) is 0 Å². The third kappa shape index (κ3) is 4.54. The Bertz CT molecular complexity index is 2780. The van der Waals surface area contributed by atoms with Crippen LogP contribution < -0.4 is 0 Å². The Balaban J connectivity index is 1.25. The van der Waals surface area contributed by atoms with Gasteiger partial charge in [0.15, 0.2) is 5.82 Å². The highest BCUT2D eigenvalue weighted by atomic mass is 16.3. The van der Waals surface area contributed by atoms with Gasteiger partial charge >= 0.3 is 0 Å². The van der Waals surface area contributed by atoms with Gasteiger partial charge in [-0.15, -0.1) is 0 Å². The van der Waals surface area contributed by atoms with Crippen LogP contribution >= 0.6 is 0 Å². The second kappa shape index (κ2) is 11.4. The lowest BCUT2D eigenvalue weighted by molar-refractivity contribution is 0.673. The second-order valence-electron chi connectivity index (χ2n) is 12.6. The van der Waals surface area contributed by atoms with Gasteiger partial charge in [0.2, 0.25) is 0 Å². The molecule has 0 aliphatic carbocycles. The molecule has 0 aliphatic rings. The first-order valence-electron chi connectivity index (χ1n) is 16.8. The van der Waals surface area contributed by atoms with Crippen molar-refractivity contribution in [3.8, 4) is 50.7 Å². The normalized spacial score (nSPS) is 11.6. The van der Waals surface area contributed by atoms with Crippen LogP contribution in [-0.2, 0) is 0 Å². The SMILES string of the molecule is c1ccc(-c2ccc3c4c5oc6c(-c7nc(-c8ccccc8)cc(-c8ccccc8)n7)cccc6c5ccc4n(-c4ccccc4)c3c2)cc1. The van der Waals surface area contributed by atoms with Gasteiger partial charge in [0.05, 0.1) is 33.4 Å². The van der Waals surface area contributed by atoms with E-state index in [2.05, 4.69) is 144 Å². The van der Waals surface area contributed by atoms with Gasteiger partial charge in [0.1, 0.15) is 11.2 Å². The van der Waals surface area contributed by atoms with E-state index in [0.29, 0.717) is 5.82 Å². The van der Waals surface area contributed by atoms with Crippen molar-refractivity contribution in [3.05, 3.63) is 176 Å². The molecule has 0 radical (unpaired) electrons. The summed E-state index contributed by atoms with van der Waals surface area (Å²) in [5.74, 6) is 0.630. The monoisotopic (exact) mass is 639 g/mol. The molecule has 0 N–H and O–H groups in total. The van der Waals surface area contributed by atoms with Gasteiger partial charge in [-0.3, -0.25) is 0 Å². The summed E-state index contributed by atoms with van der Waals surface area (Å²) in [5, 5.41) is 4.34. The number of rotatable bonds is 5. The number of para-hydroxylation sites is 2. The average molecular weight is 640 g/mol. The lowest BCUT2D eigenvalue weighted by atomic mass is 10.0. The van der Waals surface area contributed by atoms with Crippen LogP contribution in [0.2, 0.25) is 0 Å². The van der Waals surface area contributed by atoms with E-state index in [1.54, 1.807) is 0 Å². The lowest BCUT2D eigenvalue weighted by Gasteiger charge is -2.09. The highest BCUT2D eigenvalue weighted by molar-refractivity contribution is 6.25. The van der Waals surface area contributed by atoms with E-state index in [9.17, 15) is 0 Å². The summed E-state index contributed by atoms with van der Waals surface area (Å²) in [5.41, 5.74) is 12.0. The number of nitrogens with zero attached hydrogens (tertiary/aromatic N) is 3. The van der Waals surface area contributed by atoms with Crippen LogP contribution in [0.4, 0.5) is 0 Å². The molecule has 0 spiro atoms. The summed E-state index contributed by atoms with van der Waals surface area (Å²) in [7, 11) is 0. The zero-order valence-corrected chi connectivity index (χ0v) is 27.0. The minimum absolute atomic E-state index is 0.630. The first-order chi connectivity index (χ1) is 24.8. The molecule has 10 aromatic rings. The Morgan fingerprint density at radius 3 is 1.64 bits per heavy atom. The molecular weight excluding hydrogens is 611 g/mol. The van der Waals surface area contributed by atoms with E-state index >= 15 is 0 Å². The summed E-state index contributed by atoms with van der Waals surface area (Å²) in [6.07, 6.45) is 0. The Morgan fingerprint density at radius 1 is 0.400 bits per heavy atom. The van der Waals surface area contributed by atoms with Crippen molar-refractivity contribution in [1.82, 2.24) is 14.5 Å². The molecule has 234 valence electrons. The molecular formula is C46H29N3O. The van der Waals surface area contributed by atoms with Crippen molar-refractivity contribution >= 4 is 43.7 Å². The van der Waals surface area contributed by atoms with Crippen LogP contribution in [0, 0.1) is 0 Å². The van der Waals surface area contributed by atoms with Gasteiger partial charge in [0.25, 0.3) is 0 Å². The van der Waals surface area contributed by atoms with Crippen molar-refractivity contribution in [2.24, 2.45) is 0 Å². The summed E-state index contributed by atoms with van der Waals surface area (Å²) in [6, 6.07) is 61.2. The Hall–Kier alpha value is -6.78. The van der Waals surface area contributed by atoms with Crippen molar-refractivity contribution in [3.63, 3.8) is 0 Å². The smallest absolute Gasteiger partial charge is 0.164 e. The quantitative estimate of drug-likeness (QED) is 0.188. The van der Waals surface area contributed by atoms with E-state index in [-0.39, 0.29) is 0 Å². The molecule has 4 nitrogen and oxygen atoms in total. The zero-order valence-electron chi connectivity index (χ0n) is 27.0. The molecule has 4 heteroatoms. The fraction of sp³-hybridized carbons (Fsp3) is 0. The summed E-state index contributed by atoms with van der Waals surface area (Å²) in [4.78, 5) is 10.3. The zero-order chi connectivity index (χ0) is 33.0. The highest BCUT2D eigenvalue weighted by Gasteiger charge is 2.22. The number of furan rings is 1. The molecule has 3 aromatic heterocycles. The number of hydrogen-bond acceptors (Lipinski definition) is 3. The Morgan fingerprint density at radius 2 is 0.980 bits per heavy atom. The number of benzene rings is 7. The first kappa shape index (κ1) is 28.3. The molecule has 0 fully saturated rings. The molecule has 0 amide bonds. The largest absolute Gasteiger partial charge is 0.455 e. The molecule has 50 heavy (non-hydrogen) atoms. The van der Waals surface area contributed by atoms with Crippen molar-refractivity contribution in [2.75, 3.05) is 0 Å². The van der Waals surface area contributed by atoms with Crippen LogP contribution in [0.25, 0.3) is 94.5 Å². The van der Waals surface area contributed by atoms with E-state index in [1.807, 2.05) is 36.4 Å². The third-order valence-electron chi connectivity index (χ3n) is 9.62. The van der Waals surface area contributed by atoms with E-state index < -0.39 is 0 Å². The minimum atomic E-state index is 0.630. The molecule has 0 saturated heterocycles. The summed E-state index contributed by atoms with van der Waals surface area (Å²) >= 11 is 0. The average Bonchev–Trinajstić information content (AvgIpc) is 3.74. The maximum Gasteiger partial charge on any atom is 0.164 e. The molecule has 0 unspecified atom stereocenters. The predicted octanol–water partition coefficient (Wildman–Crippen LogP) is 12.1. The van der Waals surface area contributed by atoms with Crippen LogP contribution in [0.1, 0.15) is 0 Å². The second-order valence-corrected chi connectivity index (χ2v) is 12.6. The van der Waals surface area contributed by atoms with Gasteiger partial charge in [0, 0.05) is 33.0 Å².